The quantitative estimate of drug-likeness (QED) is 0.828. The molecule has 1 fully saturated rings. The van der Waals surface area contributed by atoms with Crippen molar-refractivity contribution < 1.29 is 18.3 Å². The number of anilines is 1. The van der Waals surface area contributed by atoms with E-state index in [1.165, 1.54) is 11.0 Å². The highest BCUT2D eigenvalue weighted by Gasteiger charge is 2.39. The van der Waals surface area contributed by atoms with E-state index in [2.05, 4.69) is 15.4 Å². The van der Waals surface area contributed by atoms with Crippen molar-refractivity contribution in [2.75, 3.05) is 25.5 Å². The molecule has 29 heavy (non-hydrogen) atoms. The van der Waals surface area contributed by atoms with Gasteiger partial charge in [-0.05, 0) is 42.9 Å². The van der Waals surface area contributed by atoms with Crippen molar-refractivity contribution in [3.8, 4) is 5.75 Å². The van der Waals surface area contributed by atoms with Crippen molar-refractivity contribution >= 4 is 11.9 Å². The molecule has 156 valence electrons. The molecule has 1 unspecified atom stereocenters. The van der Waals surface area contributed by atoms with Crippen molar-refractivity contribution in [2.24, 2.45) is 5.92 Å². The molecule has 3 heterocycles. The number of carbonyl (C=O) groups is 1. The summed E-state index contributed by atoms with van der Waals surface area (Å²) in [6.07, 6.45) is 1.12. The summed E-state index contributed by atoms with van der Waals surface area (Å²) in [5.74, 6) is 1.25. The van der Waals surface area contributed by atoms with Gasteiger partial charge in [-0.1, -0.05) is 12.1 Å². The lowest BCUT2D eigenvalue weighted by Gasteiger charge is -2.40. The predicted molar refractivity (Wildman–Crippen MR) is 103 cm³/mol. The molecule has 0 radical (unpaired) electrons. The molecular weight excluding hydrogens is 380 g/mol. The number of methoxy groups -OCH3 is 1. The van der Waals surface area contributed by atoms with Crippen LogP contribution in [0.3, 0.4) is 0 Å². The second kappa shape index (κ2) is 8.34. The molecule has 0 saturated carbocycles. The molecular formula is C20H25F2N5O2. The number of piperidine rings is 1. The summed E-state index contributed by atoms with van der Waals surface area (Å²) >= 11 is 0. The van der Waals surface area contributed by atoms with Gasteiger partial charge in [0.1, 0.15) is 18.1 Å². The molecule has 9 heteroatoms. The van der Waals surface area contributed by atoms with Gasteiger partial charge in [0.25, 0.3) is 6.43 Å². The van der Waals surface area contributed by atoms with Crippen molar-refractivity contribution in [1.29, 1.82) is 0 Å². The number of likely N-dealkylation sites (tertiary alicyclic amines) is 1. The highest BCUT2D eigenvalue weighted by molar-refractivity contribution is 5.79. The van der Waals surface area contributed by atoms with Crippen LogP contribution >= 0.6 is 0 Å². The summed E-state index contributed by atoms with van der Waals surface area (Å²) in [5, 5.41) is 7.19. The van der Waals surface area contributed by atoms with E-state index in [4.69, 9.17) is 4.74 Å². The van der Waals surface area contributed by atoms with Crippen LogP contribution in [0, 0.1) is 5.92 Å². The normalized spacial score (nSPS) is 24.1. The fourth-order valence-corrected chi connectivity index (χ4v) is 4.33. The van der Waals surface area contributed by atoms with Crippen LogP contribution in [0.5, 0.6) is 5.75 Å². The molecule has 1 amide bonds. The third-order valence-corrected chi connectivity index (χ3v) is 5.86. The van der Waals surface area contributed by atoms with E-state index < -0.39 is 12.5 Å². The Morgan fingerprint density at radius 1 is 1.41 bits per heavy atom. The SMILES string of the molecule is COc1cccc(CC(=O)N2CCCC([C@@H]3C[C@H](C(F)F)n4ncnc4N3)C2)c1. The highest BCUT2D eigenvalue weighted by atomic mass is 19.3. The van der Waals surface area contributed by atoms with Crippen LogP contribution in [-0.2, 0) is 11.2 Å². The standard InChI is InChI=1S/C20H25F2N5O2/c1-29-15-6-2-4-13(8-15)9-18(28)26-7-3-5-14(11-26)16-10-17(19(21)22)27-20(25-16)23-12-24-27/h2,4,6,8,12,14,16-17,19H,3,5,7,9-11H2,1H3,(H,23,24,25)/t14?,16-,17+/m0/s1. The fourth-order valence-electron chi connectivity index (χ4n) is 4.33. The van der Waals surface area contributed by atoms with Gasteiger partial charge in [-0.15, -0.1) is 0 Å². The van der Waals surface area contributed by atoms with Gasteiger partial charge in [0.15, 0.2) is 0 Å². The van der Waals surface area contributed by atoms with Gasteiger partial charge in [0.2, 0.25) is 11.9 Å². The summed E-state index contributed by atoms with van der Waals surface area (Å²) in [6.45, 7) is 1.26. The number of amides is 1. The van der Waals surface area contributed by atoms with Gasteiger partial charge < -0.3 is 15.0 Å². The Morgan fingerprint density at radius 2 is 2.28 bits per heavy atom. The first-order valence-electron chi connectivity index (χ1n) is 9.90. The molecule has 2 aliphatic heterocycles. The van der Waals surface area contributed by atoms with Gasteiger partial charge >= 0.3 is 0 Å². The Morgan fingerprint density at radius 3 is 3.07 bits per heavy atom. The van der Waals surface area contributed by atoms with Crippen LogP contribution in [0.15, 0.2) is 30.6 Å². The zero-order valence-electron chi connectivity index (χ0n) is 16.3. The van der Waals surface area contributed by atoms with Crippen LogP contribution in [-0.4, -0.2) is 58.2 Å². The van der Waals surface area contributed by atoms with Gasteiger partial charge in [-0.25, -0.2) is 13.5 Å². The third kappa shape index (κ3) is 4.18. The number of rotatable bonds is 5. The molecule has 4 rings (SSSR count). The number of fused-ring (bicyclic) bond motifs is 1. The molecule has 0 spiro atoms. The van der Waals surface area contributed by atoms with Crippen molar-refractivity contribution in [1.82, 2.24) is 19.7 Å². The van der Waals surface area contributed by atoms with E-state index in [0.717, 1.165) is 24.2 Å². The molecule has 7 nitrogen and oxygen atoms in total. The van der Waals surface area contributed by atoms with E-state index in [-0.39, 0.29) is 24.3 Å². The minimum atomic E-state index is -2.51. The molecule has 1 aromatic heterocycles. The number of hydrogen-bond donors (Lipinski definition) is 1. The lowest BCUT2D eigenvalue weighted by Crippen LogP contribution is -2.48. The number of aromatic nitrogens is 3. The number of nitrogens with one attached hydrogen (secondary N) is 1. The van der Waals surface area contributed by atoms with E-state index in [9.17, 15) is 13.6 Å². The Bertz CT molecular complexity index is 859. The van der Waals surface area contributed by atoms with Crippen LogP contribution in [0.25, 0.3) is 0 Å². The smallest absolute Gasteiger partial charge is 0.260 e. The number of hydrogen-bond acceptors (Lipinski definition) is 5. The Hall–Kier alpha value is -2.71. The molecule has 1 aromatic carbocycles. The Labute approximate surface area is 168 Å². The maximum Gasteiger partial charge on any atom is 0.260 e. The summed E-state index contributed by atoms with van der Waals surface area (Å²) in [7, 11) is 1.60. The maximum atomic E-state index is 13.5. The minimum absolute atomic E-state index is 0.0485. The van der Waals surface area contributed by atoms with Crippen molar-refractivity contribution in [3.05, 3.63) is 36.2 Å². The Kier molecular flexibility index (Phi) is 5.64. The average Bonchev–Trinajstić information content (AvgIpc) is 3.21. The molecule has 0 bridgehead atoms. The number of halogens is 2. The zero-order chi connectivity index (χ0) is 20.4. The van der Waals surface area contributed by atoms with Crippen LogP contribution in [0.1, 0.15) is 30.9 Å². The summed E-state index contributed by atoms with van der Waals surface area (Å²) in [6, 6.07) is 6.34. The number of alkyl halides is 2. The Balaban J connectivity index is 1.42. The molecule has 2 aromatic rings. The third-order valence-electron chi connectivity index (χ3n) is 5.86. The van der Waals surface area contributed by atoms with Crippen LogP contribution in [0.4, 0.5) is 14.7 Å². The fraction of sp³-hybridized carbons (Fsp3) is 0.550. The zero-order valence-corrected chi connectivity index (χ0v) is 16.3. The summed E-state index contributed by atoms with van der Waals surface area (Å²) < 4.78 is 33.6. The maximum absolute atomic E-state index is 13.5. The molecule has 2 aliphatic rings. The molecule has 3 atom stereocenters. The largest absolute Gasteiger partial charge is 0.497 e. The topological polar surface area (TPSA) is 72.3 Å². The highest BCUT2D eigenvalue weighted by Crippen LogP contribution is 2.35. The van der Waals surface area contributed by atoms with Gasteiger partial charge in [0, 0.05) is 19.1 Å². The minimum Gasteiger partial charge on any atom is -0.497 e. The van der Waals surface area contributed by atoms with Crippen molar-refractivity contribution in [2.45, 2.75) is 44.2 Å². The number of benzene rings is 1. The first-order valence-corrected chi connectivity index (χ1v) is 9.90. The molecule has 1 saturated heterocycles. The lowest BCUT2D eigenvalue weighted by atomic mass is 9.86. The monoisotopic (exact) mass is 405 g/mol. The van der Waals surface area contributed by atoms with E-state index in [1.807, 2.05) is 29.2 Å². The second-order valence-electron chi connectivity index (χ2n) is 7.69. The van der Waals surface area contributed by atoms with E-state index in [1.54, 1.807) is 7.11 Å². The predicted octanol–water partition coefficient (Wildman–Crippen LogP) is 2.76. The first-order chi connectivity index (χ1) is 14.0. The molecule has 0 aliphatic carbocycles. The first kappa shape index (κ1) is 19.6. The van der Waals surface area contributed by atoms with Crippen LogP contribution in [0.2, 0.25) is 0 Å². The van der Waals surface area contributed by atoms with E-state index in [0.29, 0.717) is 25.5 Å². The van der Waals surface area contributed by atoms with Gasteiger partial charge in [0.05, 0.1) is 13.5 Å². The lowest BCUT2D eigenvalue weighted by molar-refractivity contribution is -0.132. The summed E-state index contributed by atoms with van der Waals surface area (Å²) in [4.78, 5) is 18.8. The number of ether oxygens (including phenoxy) is 1. The number of carbonyl (C=O) groups excluding carboxylic acids is 1. The van der Waals surface area contributed by atoms with Crippen LogP contribution < -0.4 is 10.1 Å². The molecule has 1 N–H and O–H groups in total. The van der Waals surface area contributed by atoms with E-state index >= 15 is 0 Å². The van der Waals surface area contributed by atoms with Gasteiger partial charge in [-0.3, -0.25) is 4.79 Å². The number of nitrogens with zero attached hydrogens (tertiary/aromatic N) is 4. The van der Waals surface area contributed by atoms with Crippen molar-refractivity contribution in [3.63, 3.8) is 0 Å². The van der Waals surface area contributed by atoms with Gasteiger partial charge in [-0.2, -0.15) is 10.1 Å². The average molecular weight is 405 g/mol. The summed E-state index contributed by atoms with van der Waals surface area (Å²) in [5.41, 5.74) is 0.901. The second-order valence-corrected chi connectivity index (χ2v) is 7.69.